The van der Waals surface area contributed by atoms with E-state index >= 15 is 0 Å². The van der Waals surface area contributed by atoms with Crippen molar-refractivity contribution in [3.63, 3.8) is 0 Å². The van der Waals surface area contributed by atoms with Crippen molar-refractivity contribution in [3.8, 4) is 17.5 Å². The smallest absolute Gasteiger partial charge is 0.248 e. The van der Waals surface area contributed by atoms with Crippen molar-refractivity contribution in [2.75, 3.05) is 10.7 Å². The Labute approximate surface area is 202 Å². The molecule has 2 N–H and O–H groups in total. The molecule has 4 rings (SSSR count). The average molecular weight is 500 g/mol. The molecule has 2 aromatic carbocycles. The molecule has 9 nitrogen and oxygen atoms in total. The first-order valence-corrected chi connectivity index (χ1v) is 12.4. The second-order valence-corrected chi connectivity index (χ2v) is 11.2. The summed E-state index contributed by atoms with van der Waals surface area (Å²) in [4.78, 5) is 14.6. The predicted molar refractivity (Wildman–Crippen MR) is 126 cm³/mol. The van der Waals surface area contributed by atoms with Gasteiger partial charge in [-0.05, 0) is 56.2 Å². The Hall–Kier alpha value is -3.26. The molecule has 0 bridgehead atoms. The zero-order valence-electron chi connectivity index (χ0n) is 18.7. The van der Waals surface area contributed by atoms with Crippen LogP contribution < -0.4 is 10.6 Å². The number of hydrogen-bond acceptors (Lipinski definition) is 8. The van der Waals surface area contributed by atoms with Gasteiger partial charge in [-0.15, -0.1) is 10.2 Å². The van der Waals surface area contributed by atoms with Crippen LogP contribution >= 0.6 is 11.6 Å². The van der Waals surface area contributed by atoms with Crippen LogP contribution in [-0.2, 0) is 26.6 Å². The Bertz CT molecular complexity index is 1420. The molecule has 1 amide bonds. The lowest BCUT2D eigenvalue weighted by molar-refractivity contribution is -0.119. The van der Waals surface area contributed by atoms with Crippen LogP contribution in [0, 0.1) is 18.3 Å². The number of aromatic nitrogens is 2. The summed E-state index contributed by atoms with van der Waals surface area (Å²) in [5.41, 5.74) is 6.91. The number of hydrogen-bond donors (Lipinski definition) is 1. The van der Waals surface area contributed by atoms with Crippen molar-refractivity contribution in [3.05, 3.63) is 58.4 Å². The number of sulfone groups is 1. The van der Waals surface area contributed by atoms with Crippen molar-refractivity contribution in [1.29, 1.82) is 5.26 Å². The monoisotopic (exact) mass is 499 g/mol. The molecule has 1 aliphatic heterocycles. The number of amides is 1. The molecule has 1 aliphatic rings. The molecular formula is C23H22ClN5O4S. The minimum absolute atomic E-state index is 0.00103. The molecule has 0 fully saturated rings. The van der Waals surface area contributed by atoms with Crippen molar-refractivity contribution < 1.29 is 17.6 Å². The molecule has 0 saturated carbocycles. The summed E-state index contributed by atoms with van der Waals surface area (Å²) < 4.78 is 32.0. The van der Waals surface area contributed by atoms with Crippen LogP contribution in [0.1, 0.15) is 30.9 Å². The first-order valence-electron chi connectivity index (χ1n) is 10.4. The summed E-state index contributed by atoms with van der Waals surface area (Å²) >= 11 is 5.98. The molecular weight excluding hydrogens is 478 g/mol. The van der Waals surface area contributed by atoms with Crippen LogP contribution in [-0.4, -0.2) is 36.3 Å². The van der Waals surface area contributed by atoms with Crippen LogP contribution in [0.25, 0.3) is 11.5 Å². The van der Waals surface area contributed by atoms with Gasteiger partial charge >= 0.3 is 0 Å². The number of rotatable bonds is 4. The molecule has 34 heavy (non-hydrogen) atoms. The highest BCUT2D eigenvalue weighted by molar-refractivity contribution is 7.91. The van der Waals surface area contributed by atoms with E-state index in [4.69, 9.17) is 21.8 Å². The minimum atomic E-state index is -3.85. The second kappa shape index (κ2) is 8.51. The Kier molecular flexibility index (Phi) is 5.97. The molecule has 1 aromatic heterocycles. The molecule has 0 saturated heterocycles. The highest BCUT2D eigenvalue weighted by Gasteiger charge is 2.37. The number of nitrogens with two attached hydrogens (primary N) is 1. The molecule has 0 aliphatic carbocycles. The van der Waals surface area contributed by atoms with Gasteiger partial charge in [-0.2, -0.15) is 5.26 Å². The Morgan fingerprint density at radius 3 is 2.59 bits per heavy atom. The highest BCUT2D eigenvalue weighted by Crippen LogP contribution is 2.38. The molecule has 0 unspecified atom stereocenters. The van der Waals surface area contributed by atoms with Crippen LogP contribution in [0.15, 0.2) is 45.7 Å². The van der Waals surface area contributed by atoms with Gasteiger partial charge in [-0.3, -0.25) is 4.79 Å². The lowest BCUT2D eigenvalue weighted by Gasteiger charge is -2.25. The first-order chi connectivity index (χ1) is 15.9. The third-order valence-electron chi connectivity index (χ3n) is 5.64. The first kappa shape index (κ1) is 23.9. The SMILES string of the molecule is Cc1cc2c(cc1-c1nnc(C(C)(C)C#N)o1)N(Cc1ccc(Cl)cc1)C(=O)[C@@H](N)CS2(=O)=O. The Balaban J connectivity index is 1.89. The van der Waals surface area contributed by atoms with Gasteiger partial charge in [0.25, 0.3) is 0 Å². The van der Waals surface area contributed by atoms with Gasteiger partial charge < -0.3 is 15.1 Å². The van der Waals surface area contributed by atoms with Crippen molar-refractivity contribution >= 4 is 33.0 Å². The van der Waals surface area contributed by atoms with Crippen molar-refractivity contribution in [2.45, 2.75) is 43.7 Å². The fourth-order valence-electron chi connectivity index (χ4n) is 3.64. The fourth-order valence-corrected chi connectivity index (χ4v) is 5.41. The summed E-state index contributed by atoms with van der Waals surface area (Å²) in [6, 6.07) is 10.8. The summed E-state index contributed by atoms with van der Waals surface area (Å²) in [5.74, 6) is -0.786. The van der Waals surface area contributed by atoms with E-state index in [0.717, 1.165) is 5.56 Å². The molecule has 11 heteroatoms. The summed E-state index contributed by atoms with van der Waals surface area (Å²) in [7, 11) is -3.85. The average Bonchev–Trinajstić information content (AvgIpc) is 3.27. The maximum atomic E-state index is 13.2. The number of nitriles is 1. The van der Waals surface area contributed by atoms with Gasteiger partial charge in [0.1, 0.15) is 5.41 Å². The Morgan fingerprint density at radius 1 is 1.26 bits per heavy atom. The number of carbonyl (C=O) groups excluding carboxylic acids is 1. The number of benzene rings is 2. The van der Waals surface area contributed by atoms with E-state index in [1.165, 1.54) is 11.0 Å². The summed E-state index contributed by atoms with van der Waals surface area (Å²) in [6.45, 7) is 5.09. The zero-order valence-corrected chi connectivity index (χ0v) is 20.3. The summed E-state index contributed by atoms with van der Waals surface area (Å²) in [5, 5.41) is 18.0. The third-order valence-corrected chi connectivity index (χ3v) is 7.68. The number of anilines is 1. The van der Waals surface area contributed by atoms with Gasteiger partial charge in [0.05, 0.1) is 35.0 Å². The van der Waals surface area contributed by atoms with E-state index in [2.05, 4.69) is 16.3 Å². The van der Waals surface area contributed by atoms with Crippen LogP contribution in [0.2, 0.25) is 5.02 Å². The lowest BCUT2D eigenvalue weighted by atomic mass is 9.96. The van der Waals surface area contributed by atoms with Gasteiger partial charge in [0.2, 0.25) is 17.7 Å². The normalized spacial score (nSPS) is 17.7. The second-order valence-electron chi connectivity index (χ2n) is 8.72. The van der Waals surface area contributed by atoms with E-state index < -0.39 is 33.0 Å². The van der Waals surface area contributed by atoms with Gasteiger partial charge in [0.15, 0.2) is 9.84 Å². The molecule has 0 radical (unpaired) electrons. The van der Waals surface area contributed by atoms with Crippen LogP contribution in [0.5, 0.6) is 0 Å². The molecule has 1 atom stereocenters. The van der Waals surface area contributed by atoms with Gasteiger partial charge in [-0.1, -0.05) is 23.7 Å². The molecule has 3 aromatic rings. The van der Waals surface area contributed by atoms with Gasteiger partial charge in [-0.25, -0.2) is 8.42 Å². The maximum Gasteiger partial charge on any atom is 0.248 e. The van der Waals surface area contributed by atoms with Crippen molar-refractivity contribution in [1.82, 2.24) is 10.2 Å². The highest BCUT2D eigenvalue weighted by atomic mass is 35.5. The molecule has 176 valence electrons. The Morgan fingerprint density at radius 2 is 1.94 bits per heavy atom. The number of fused-ring (bicyclic) bond motifs is 1. The van der Waals surface area contributed by atoms with E-state index in [1.54, 1.807) is 51.1 Å². The topological polar surface area (TPSA) is 143 Å². The molecule has 2 heterocycles. The minimum Gasteiger partial charge on any atom is -0.419 e. The van der Waals surface area contributed by atoms with E-state index in [1.807, 2.05) is 0 Å². The number of carbonyl (C=O) groups is 1. The number of nitrogens with zero attached hydrogens (tertiary/aromatic N) is 4. The van der Waals surface area contributed by atoms with Gasteiger partial charge in [0, 0.05) is 10.6 Å². The van der Waals surface area contributed by atoms with Crippen molar-refractivity contribution in [2.24, 2.45) is 5.73 Å². The molecule has 0 spiro atoms. The van der Waals surface area contributed by atoms with E-state index in [-0.39, 0.29) is 28.9 Å². The lowest BCUT2D eigenvalue weighted by Crippen LogP contribution is -2.45. The summed E-state index contributed by atoms with van der Waals surface area (Å²) in [6.07, 6.45) is 0. The van der Waals surface area contributed by atoms with Crippen LogP contribution in [0.3, 0.4) is 0 Å². The van der Waals surface area contributed by atoms with E-state index in [9.17, 15) is 18.5 Å². The van der Waals surface area contributed by atoms with E-state index in [0.29, 0.717) is 16.1 Å². The third kappa shape index (κ3) is 4.30. The predicted octanol–water partition coefficient (Wildman–Crippen LogP) is 3.15. The standard InChI is InChI=1S/C23H22ClN5O4S/c1-13-8-19-18(9-16(13)20-27-28-22(33-20)23(2,3)12-25)29(10-14-4-6-15(24)7-5-14)21(30)17(26)11-34(19,31)32/h4-9,17H,10-11,26H2,1-3H3/t17-/m0/s1. The largest absolute Gasteiger partial charge is 0.419 e. The quantitative estimate of drug-likeness (QED) is 0.576. The zero-order chi connectivity index (χ0) is 24.8. The maximum absolute atomic E-state index is 13.2. The number of halogens is 1. The number of aryl methyl sites for hydroxylation is 1. The van der Waals surface area contributed by atoms with Crippen LogP contribution in [0.4, 0.5) is 5.69 Å². The fraction of sp³-hybridized carbons (Fsp3) is 0.304.